The van der Waals surface area contributed by atoms with Crippen molar-refractivity contribution in [1.82, 2.24) is 20.5 Å². The fraction of sp³-hybridized carbons (Fsp3) is 0.435. The molecule has 2 aromatic rings. The zero-order chi connectivity index (χ0) is 21.9. The Balaban J connectivity index is 1.38. The lowest BCUT2D eigenvalue weighted by Gasteiger charge is -2.35. The van der Waals surface area contributed by atoms with Gasteiger partial charge in [-0.3, -0.25) is 9.79 Å². The van der Waals surface area contributed by atoms with E-state index in [4.69, 9.17) is 4.74 Å². The van der Waals surface area contributed by atoms with E-state index in [2.05, 4.69) is 25.5 Å². The zero-order valence-corrected chi connectivity index (χ0v) is 18.4. The molecule has 1 aliphatic heterocycles. The molecule has 0 aliphatic carbocycles. The molecule has 2 N–H and O–H groups in total. The van der Waals surface area contributed by atoms with Crippen LogP contribution in [0.5, 0.6) is 5.75 Å². The van der Waals surface area contributed by atoms with Crippen molar-refractivity contribution in [2.75, 3.05) is 51.3 Å². The van der Waals surface area contributed by atoms with Crippen molar-refractivity contribution in [3.8, 4) is 5.75 Å². The summed E-state index contributed by atoms with van der Waals surface area (Å²) in [4.78, 5) is 25.4. The number of hydrogen-bond acceptors (Lipinski definition) is 5. The third-order valence-corrected chi connectivity index (χ3v) is 5.18. The average molecular weight is 425 g/mol. The van der Waals surface area contributed by atoms with Crippen LogP contribution in [0.4, 0.5) is 5.82 Å². The fourth-order valence-corrected chi connectivity index (χ4v) is 3.52. The average Bonchev–Trinajstić information content (AvgIpc) is 2.83. The Morgan fingerprint density at radius 1 is 1.10 bits per heavy atom. The first kappa shape index (κ1) is 22.4. The molecule has 1 aliphatic rings. The van der Waals surface area contributed by atoms with E-state index in [9.17, 15) is 4.79 Å². The van der Waals surface area contributed by atoms with E-state index >= 15 is 0 Å². The summed E-state index contributed by atoms with van der Waals surface area (Å²) in [5, 5.41) is 6.51. The lowest BCUT2D eigenvalue weighted by molar-refractivity contribution is -0.131. The van der Waals surface area contributed by atoms with Crippen LogP contribution in [0.15, 0.2) is 53.7 Å². The SMILES string of the molecule is CCOc1ccccc1CNC(=NC)NCCC(=O)N1CCN(c2ccccn2)CC1. The molecular formula is C23H32N6O2. The standard InChI is InChI=1S/C23H32N6O2/c1-3-31-20-9-5-4-8-19(20)18-27-23(24-2)26-13-11-22(30)29-16-14-28(15-17-29)21-10-6-7-12-25-21/h4-10,12H,3,11,13-18H2,1-2H3,(H2,24,26,27). The lowest BCUT2D eigenvalue weighted by atomic mass is 10.2. The number of pyridine rings is 1. The molecule has 0 unspecified atom stereocenters. The zero-order valence-electron chi connectivity index (χ0n) is 18.4. The molecule has 8 nitrogen and oxygen atoms in total. The number of piperazine rings is 1. The predicted octanol–water partition coefficient (Wildman–Crippen LogP) is 1.88. The largest absolute Gasteiger partial charge is 0.494 e. The van der Waals surface area contributed by atoms with Crippen LogP contribution in [-0.2, 0) is 11.3 Å². The highest BCUT2D eigenvalue weighted by atomic mass is 16.5. The van der Waals surface area contributed by atoms with Gasteiger partial charge in [0, 0.05) is 64.5 Å². The van der Waals surface area contributed by atoms with Crippen LogP contribution in [0.25, 0.3) is 0 Å². The summed E-state index contributed by atoms with van der Waals surface area (Å²) in [7, 11) is 1.72. The number of anilines is 1. The molecule has 0 saturated carbocycles. The summed E-state index contributed by atoms with van der Waals surface area (Å²) >= 11 is 0. The van der Waals surface area contributed by atoms with Crippen LogP contribution < -0.4 is 20.3 Å². The molecule has 3 rings (SSSR count). The van der Waals surface area contributed by atoms with E-state index in [1.807, 2.05) is 54.3 Å². The first-order valence-electron chi connectivity index (χ1n) is 10.8. The van der Waals surface area contributed by atoms with Crippen molar-refractivity contribution >= 4 is 17.7 Å². The van der Waals surface area contributed by atoms with Crippen LogP contribution in [0.1, 0.15) is 18.9 Å². The van der Waals surface area contributed by atoms with Gasteiger partial charge in [0.25, 0.3) is 0 Å². The van der Waals surface area contributed by atoms with Gasteiger partial charge in [-0.2, -0.15) is 0 Å². The second-order valence-corrected chi connectivity index (χ2v) is 7.20. The molecule has 0 atom stereocenters. The number of nitrogens with zero attached hydrogens (tertiary/aromatic N) is 4. The highest BCUT2D eigenvalue weighted by Crippen LogP contribution is 2.17. The first-order chi connectivity index (χ1) is 15.2. The van der Waals surface area contributed by atoms with Crippen LogP contribution >= 0.6 is 0 Å². The fourth-order valence-electron chi connectivity index (χ4n) is 3.52. The number of nitrogens with one attached hydrogen (secondary N) is 2. The molecular weight excluding hydrogens is 392 g/mol. The number of amides is 1. The number of carbonyl (C=O) groups is 1. The Morgan fingerprint density at radius 2 is 1.87 bits per heavy atom. The van der Waals surface area contributed by atoms with E-state index in [0.717, 1.165) is 43.3 Å². The molecule has 0 spiro atoms. The predicted molar refractivity (Wildman–Crippen MR) is 123 cm³/mol. The second-order valence-electron chi connectivity index (χ2n) is 7.20. The van der Waals surface area contributed by atoms with Gasteiger partial charge in [0.1, 0.15) is 11.6 Å². The molecule has 1 saturated heterocycles. The molecule has 1 aromatic heterocycles. The number of aromatic nitrogens is 1. The van der Waals surface area contributed by atoms with E-state index < -0.39 is 0 Å². The Kier molecular flexibility index (Phi) is 8.51. The molecule has 1 amide bonds. The third-order valence-electron chi connectivity index (χ3n) is 5.18. The summed E-state index contributed by atoms with van der Waals surface area (Å²) in [5.74, 6) is 2.66. The number of carbonyl (C=O) groups excluding carboxylic acids is 1. The van der Waals surface area contributed by atoms with Crippen LogP contribution in [0.2, 0.25) is 0 Å². The topological polar surface area (TPSA) is 82.1 Å². The number of guanidine groups is 1. The summed E-state index contributed by atoms with van der Waals surface area (Å²) in [5.41, 5.74) is 1.06. The molecule has 1 fully saturated rings. The quantitative estimate of drug-likeness (QED) is 0.498. The van der Waals surface area contributed by atoms with Gasteiger partial charge >= 0.3 is 0 Å². The Labute approximate surface area is 184 Å². The highest BCUT2D eigenvalue weighted by Gasteiger charge is 2.21. The van der Waals surface area contributed by atoms with E-state index in [1.165, 1.54) is 0 Å². The molecule has 8 heteroatoms. The summed E-state index contributed by atoms with van der Waals surface area (Å²) in [6.07, 6.45) is 2.23. The second kappa shape index (κ2) is 11.8. The van der Waals surface area contributed by atoms with Crippen LogP contribution in [0.3, 0.4) is 0 Å². The normalized spacial score (nSPS) is 14.3. The van der Waals surface area contributed by atoms with E-state index in [1.54, 1.807) is 13.2 Å². The van der Waals surface area contributed by atoms with Gasteiger partial charge in [0.15, 0.2) is 5.96 Å². The Morgan fingerprint density at radius 3 is 2.58 bits per heavy atom. The maximum Gasteiger partial charge on any atom is 0.224 e. The smallest absolute Gasteiger partial charge is 0.224 e. The van der Waals surface area contributed by atoms with Crippen LogP contribution in [-0.4, -0.2) is 68.1 Å². The van der Waals surface area contributed by atoms with Crippen LogP contribution in [0, 0.1) is 0 Å². The van der Waals surface area contributed by atoms with Crippen molar-refractivity contribution in [2.24, 2.45) is 4.99 Å². The molecule has 166 valence electrons. The first-order valence-corrected chi connectivity index (χ1v) is 10.8. The molecule has 0 bridgehead atoms. The summed E-state index contributed by atoms with van der Waals surface area (Å²) in [6, 6.07) is 13.8. The summed E-state index contributed by atoms with van der Waals surface area (Å²) < 4.78 is 5.66. The number of aliphatic imine (C=N–C) groups is 1. The van der Waals surface area contributed by atoms with Crippen molar-refractivity contribution in [2.45, 2.75) is 19.9 Å². The molecule has 31 heavy (non-hydrogen) atoms. The third kappa shape index (κ3) is 6.60. The van der Waals surface area contributed by atoms with Crippen molar-refractivity contribution in [3.63, 3.8) is 0 Å². The minimum absolute atomic E-state index is 0.158. The maximum absolute atomic E-state index is 12.6. The molecule has 1 aromatic carbocycles. The molecule has 2 heterocycles. The monoisotopic (exact) mass is 424 g/mol. The number of para-hydroxylation sites is 1. The number of rotatable bonds is 8. The van der Waals surface area contributed by atoms with Crippen molar-refractivity contribution in [1.29, 1.82) is 0 Å². The maximum atomic E-state index is 12.6. The summed E-state index contributed by atoms with van der Waals surface area (Å²) in [6.45, 7) is 6.78. The van der Waals surface area contributed by atoms with Crippen molar-refractivity contribution in [3.05, 3.63) is 54.2 Å². The van der Waals surface area contributed by atoms with Gasteiger partial charge in [-0.15, -0.1) is 0 Å². The number of hydrogen-bond donors (Lipinski definition) is 2. The minimum atomic E-state index is 0.158. The van der Waals surface area contributed by atoms with Crippen molar-refractivity contribution < 1.29 is 9.53 Å². The minimum Gasteiger partial charge on any atom is -0.494 e. The highest BCUT2D eigenvalue weighted by molar-refractivity contribution is 5.81. The molecule has 0 radical (unpaired) electrons. The van der Waals surface area contributed by atoms with Gasteiger partial charge in [0.2, 0.25) is 5.91 Å². The Hall–Kier alpha value is -3.29. The van der Waals surface area contributed by atoms with Gasteiger partial charge in [-0.25, -0.2) is 4.98 Å². The van der Waals surface area contributed by atoms with Gasteiger partial charge in [0.05, 0.1) is 6.61 Å². The van der Waals surface area contributed by atoms with Gasteiger partial charge < -0.3 is 25.2 Å². The van der Waals surface area contributed by atoms with E-state index in [0.29, 0.717) is 32.1 Å². The number of ether oxygens (including phenoxy) is 1. The van der Waals surface area contributed by atoms with Gasteiger partial charge in [-0.05, 0) is 25.1 Å². The lowest BCUT2D eigenvalue weighted by Crippen LogP contribution is -2.49. The van der Waals surface area contributed by atoms with E-state index in [-0.39, 0.29) is 5.91 Å². The number of benzene rings is 1. The Bertz CT molecular complexity index is 850. The van der Waals surface area contributed by atoms with Gasteiger partial charge in [-0.1, -0.05) is 24.3 Å².